The van der Waals surface area contributed by atoms with Crippen LogP contribution in [0, 0.1) is 13.8 Å². The molecule has 5 rings (SSSR count). The van der Waals surface area contributed by atoms with Gasteiger partial charge in [0.15, 0.2) is 10.8 Å². The van der Waals surface area contributed by atoms with Crippen molar-refractivity contribution in [2.45, 2.75) is 13.8 Å². The maximum Gasteiger partial charge on any atom is 0.186 e. The van der Waals surface area contributed by atoms with Crippen LogP contribution in [0.3, 0.4) is 0 Å². The Kier molecular flexibility index (Phi) is 3.56. The van der Waals surface area contributed by atoms with Crippen molar-refractivity contribution in [2.75, 3.05) is 36.0 Å². The van der Waals surface area contributed by atoms with Crippen LogP contribution in [0.2, 0.25) is 0 Å². The molecule has 7 heteroatoms. The lowest BCUT2D eigenvalue weighted by molar-refractivity contribution is 0.641. The highest BCUT2D eigenvalue weighted by Crippen LogP contribution is 2.32. The summed E-state index contributed by atoms with van der Waals surface area (Å²) in [5, 5.41) is 5.79. The van der Waals surface area contributed by atoms with E-state index in [1.807, 2.05) is 16.8 Å². The first kappa shape index (κ1) is 15.6. The molecular weight excluding hydrogens is 344 g/mol. The zero-order valence-electron chi connectivity index (χ0n) is 14.9. The number of benzene rings is 1. The van der Waals surface area contributed by atoms with Gasteiger partial charge in [0.2, 0.25) is 0 Å². The maximum absolute atomic E-state index is 4.91. The van der Waals surface area contributed by atoms with Gasteiger partial charge >= 0.3 is 0 Å². The Morgan fingerprint density at radius 2 is 1.81 bits per heavy atom. The van der Waals surface area contributed by atoms with E-state index >= 15 is 0 Å². The number of rotatable bonds is 2. The number of hydrogen-bond donors (Lipinski definition) is 0. The van der Waals surface area contributed by atoms with Crippen molar-refractivity contribution in [3.8, 4) is 0 Å². The summed E-state index contributed by atoms with van der Waals surface area (Å²) >= 11 is 1.80. The second-order valence-electron chi connectivity index (χ2n) is 6.82. The highest BCUT2D eigenvalue weighted by molar-refractivity contribution is 7.22. The highest BCUT2D eigenvalue weighted by atomic mass is 32.1. The molecule has 26 heavy (non-hydrogen) atoms. The van der Waals surface area contributed by atoms with Crippen LogP contribution in [0.25, 0.3) is 15.9 Å². The van der Waals surface area contributed by atoms with Crippen molar-refractivity contribution in [3.05, 3.63) is 47.8 Å². The molecule has 0 bridgehead atoms. The predicted octanol–water partition coefficient (Wildman–Crippen LogP) is 3.28. The van der Waals surface area contributed by atoms with Crippen LogP contribution >= 0.6 is 11.3 Å². The van der Waals surface area contributed by atoms with E-state index in [4.69, 9.17) is 4.98 Å². The number of aromatic nitrogens is 4. The SMILES string of the molecule is Cc1cc(C)c2nc(N3CCN(c4ccc5nccn5n4)CC3)sc2c1. The molecule has 1 aliphatic heterocycles. The zero-order valence-corrected chi connectivity index (χ0v) is 15.7. The number of nitrogens with zero attached hydrogens (tertiary/aromatic N) is 6. The fraction of sp³-hybridized carbons (Fsp3) is 0.316. The van der Waals surface area contributed by atoms with Crippen molar-refractivity contribution >= 4 is 38.2 Å². The van der Waals surface area contributed by atoms with E-state index in [1.54, 1.807) is 17.5 Å². The lowest BCUT2D eigenvalue weighted by Crippen LogP contribution is -2.46. The van der Waals surface area contributed by atoms with E-state index < -0.39 is 0 Å². The van der Waals surface area contributed by atoms with Crippen LogP contribution < -0.4 is 9.80 Å². The topological polar surface area (TPSA) is 49.6 Å². The maximum atomic E-state index is 4.91. The molecule has 0 amide bonds. The van der Waals surface area contributed by atoms with Gasteiger partial charge in [-0.2, -0.15) is 0 Å². The van der Waals surface area contributed by atoms with E-state index in [9.17, 15) is 0 Å². The van der Waals surface area contributed by atoms with Gasteiger partial charge in [0.1, 0.15) is 5.82 Å². The Morgan fingerprint density at radius 1 is 1.00 bits per heavy atom. The molecule has 6 nitrogen and oxygen atoms in total. The first-order valence-corrected chi connectivity index (χ1v) is 9.67. The third kappa shape index (κ3) is 2.59. The molecule has 0 aliphatic carbocycles. The fourth-order valence-electron chi connectivity index (χ4n) is 3.59. The second-order valence-corrected chi connectivity index (χ2v) is 7.83. The summed E-state index contributed by atoms with van der Waals surface area (Å²) in [6, 6.07) is 8.53. The van der Waals surface area contributed by atoms with Gasteiger partial charge in [-0.1, -0.05) is 17.4 Å². The van der Waals surface area contributed by atoms with Crippen LogP contribution in [0.4, 0.5) is 10.9 Å². The van der Waals surface area contributed by atoms with Gasteiger partial charge in [0.25, 0.3) is 0 Å². The number of anilines is 2. The molecule has 0 unspecified atom stereocenters. The Morgan fingerprint density at radius 3 is 2.65 bits per heavy atom. The first-order valence-electron chi connectivity index (χ1n) is 8.85. The highest BCUT2D eigenvalue weighted by Gasteiger charge is 2.21. The molecule has 1 saturated heterocycles. The second kappa shape index (κ2) is 5.95. The number of thiazole rings is 1. The molecule has 0 atom stereocenters. The summed E-state index contributed by atoms with van der Waals surface area (Å²) in [5.74, 6) is 1.01. The zero-order chi connectivity index (χ0) is 17.7. The van der Waals surface area contributed by atoms with Crippen LogP contribution in [-0.4, -0.2) is 45.8 Å². The van der Waals surface area contributed by atoms with E-state index in [2.05, 4.69) is 51.9 Å². The van der Waals surface area contributed by atoms with Gasteiger partial charge in [-0.05, 0) is 43.2 Å². The van der Waals surface area contributed by atoms with Crippen molar-refractivity contribution in [2.24, 2.45) is 0 Å². The molecule has 1 fully saturated rings. The van der Waals surface area contributed by atoms with Crippen molar-refractivity contribution in [3.63, 3.8) is 0 Å². The summed E-state index contributed by atoms with van der Waals surface area (Å²) in [4.78, 5) is 13.9. The predicted molar refractivity (Wildman–Crippen MR) is 107 cm³/mol. The van der Waals surface area contributed by atoms with Crippen LogP contribution in [-0.2, 0) is 0 Å². The molecule has 1 aliphatic rings. The van der Waals surface area contributed by atoms with Crippen LogP contribution in [0.5, 0.6) is 0 Å². The third-order valence-electron chi connectivity index (χ3n) is 4.93. The number of imidazole rings is 1. The fourth-order valence-corrected chi connectivity index (χ4v) is 4.79. The monoisotopic (exact) mass is 364 g/mol. The minimum atomic E-state index is 0.882. The average Bonchev–Trinajstić information content (AvgIpc) is 3.28. The Hall–Kier alpha value is -2.67. The quantitative estimate of drug-likeness (QED) is 0.546. The van der Waals surface area contributed by atoms with Crippen molar-refractivity contribution in [1.29, 1.82) is 0 Å². The van der Waals surface area contributed by atoms with Crippen LogP contribution in [0.1, 0.15) is 11.1 Å². The summed E-state index contributed by atoms with van der Waals surface area (Å²) in [6.07, 6.45) is 3.67. The third-order valence-corrected chi connectivity index (χ3v) is 6.00. The van der Waals surface area contributed by atoms with E-state index in [0.29, 0.717) is 0 Å². The molecule has 3 aromatic heterocycles. The van der Waals surface area contributed by atoms with E-state index in [-0.39, 0.29) is 0 Å². The summed E-state index contributed by atoms with van der Waals surface area (Å²) in [5.41, 5.74) is 4.59. The number of piperazine rings is 1. The first-order chi connectivity index (χ1) is 12.7. The molecule has 4 aromatic rings. The molecule has 1 aromatic carbocycles. The molecule has 4 heterocycles. The summed E-state index contributed by atoms with van der Waals surface area (Å²) in [6.45, 7) is 8.11. The van der Waals surface area contributed by atoms with Crippen molar-refractivity contribution in [1.82, 2.24) is 19.6 Å². The minimum Gasteiger partial charge on any atom is -0.352 e. The largest absolute Gasteiger partial charge is 0.352 e. The minimum absolute atomic E-state index is 0.882. The standard InChI is InChI=1S/C19H20N6S/c1-13-11-14(2)18-15(12-13)26-19(21-18)24-9-7-23(8-10-24)17-4-3-16-20-5-6-25(16)22-17/h3-6,11-12H,7-10H2,1-2H3. The Labute approximate surface area is 155 Å². The Balaban J connectivity index is 1.36. The van der Waals surface area contributed by atoms with Gasteiger partial charge in [0.05, 0.1) is 10.2 Å². The van der Waals surface area contributed by atoms with Gasteiger partial charge in [-0.3, -0.25) is 0 Å². The van der Waals surface area contributed by atoms with Gasteiger partial charge in [-0.15, -0.1) is 5.10 Å². The summed E-state index contributed by atoms with van der Waals surface area (Å²) < 4.78 is 3.12. The van der Waals surface area contributed by atoms with Gasteiger partial charge in [0, 0.05) is 38.6 Å². The van der Waals surface area contributed by atoms with E-state index in [1.165, 1.54) is 15.8 Å². The smallest absolute Gasteiger partial charge is 0.186 e. The van der Waals surface area contributed by atoms with Gasteiger partial charge < -0.3 is 9.80 Å². The lowest BCUT2D eigenvalue weighted by Gasteiger charge is -2.35. The van der Waals surface area contributed by atoms with E-state index in [0.717, 1.165) is 48.3 Å². The van der Waals surface area contributed by atoms with Gasteiger partial charge in [-0.25, -0.2) is 14.5 Å². The number of hydrogen-bond acceptors (Lipinski definition) is 6. The molecule has 0 radical (unpaired) electrons. The summed E-state index contributed by atoms with van der Waals surface area (Å²) in [7, 11) is 0. The Bertz CT molecular complexity index is 1090. The molecule has 0 spiro atoms. The van der Waals surface area contributed by atoms with Crippen LogP contribution in [0.15, 0.2) is 36.7 Å². The number of fused-ring (bicyclic) bond motifs is 2. The lowest BCUT2D eigenvalue weighted by atomic mass is 10.1. The molecular formula is C19H20N6S. The van der Waals surface area contributed by atoms with Crippen molar-refractivity contribution < 1.29 is 0 Å². The molecule has 132 valence electrons. The molecule has 0 N–H and O–H groups in total. The normalized spacial score (nSPS) is 15.3. The average molecular weight is 364 g/mol. The molecule has 0 saturated carbocycles. The number of aryl methyl sites for hydroxylation is 2.